The second-order valence-electron chi connectivity index (χ2n) is 4.68. The van der Waals surface area contributed by atoms with Gasteiger partial charge in [0.25, 0.3) is 0 Å². The van der Waals surface area contributed by atoms with Crippen LogP contribution in [-0.4, -0.2) is 0 Å². The maximum atomic E-state index is 9.14. The van der Waals surface area contributed by atoms with Crippen LogP contribution in [0.1, 0.15) is 30.0 Å². The van der Waals surface area contributed by atoms with E-state index in [0.717, 1.165) is 29.8 Å². The lowest BCUT2D eigenvalue weighted by Gasteiger charge is -2.11. The minimum atomic E-state index is 0.678. The average Bonchev–Trinajstić information content (AvgIpc) is 2.43. The van der Waals surface area contributed by atoms with Crippen LogP contribution in [0.15, 0.2) is 42.5 Å². The van der Waals surface area contributed by atoms with Crippen molar-refractivity contribution < 1.29 is 0 Å². The summed E-state index contributed by atoms with van der Waals surface area (Å²) < 4.78 is 0. The van der Waals surface area contributed by atoms with Crippen LogP contribution in [0.5, 0.6) is 0 Å². The standard InChI is InChI=1S/C17H18N2/c1-3-5-14-8-10-16(11-9-14)19-17-13(2)6-4-7-15(17)12-18/h4,6-11,19H,3,5H2,1-2H3. The Bertz CT molecular complexity index is 592. The smallest absolute Gasteiger partial charge is 0.101 e. The van der Waals surface area contributed by atoms with Gasteiger partial charge in [-0.15, -0.1) is 0 Å². The van der Waals surface area contributed by atoms with Gasteiger partial charge < -0.3 is 5.32 Å². The van der Waals surface area contributed by atoms with E-state index in [1.807, 2.05) is 25.1 Å². The normalized spacial score (nSPS) is 9.95. The summed E-state index contributed by atoms with van der Waals surface area (Å²) in [4.78, 5) is 0. The van der Waals surface area contributed by atoms with Crippen LogP contribution in [0.4, 0.5) is 11.4 Å². The fourth-order valence-electron chi connectivity index (χ4n) is 2.11. The summed E-state index contributed by atoms with van der Waals surface area (Å²) in [6.45, 7) is 4.19. The molecule has 2 rings (SSSR count). The fraction of sp³-hybridized carbons (Fsp3) is 0.235. The molecule has 19 heavy (non-hydrogen) atoms. The van der Waals surface area contributed by atoms with Crippen LogP contribution in [0.2, 0.25) is 0 Å². The molecule has 0 fully saturated rings. The molecule has 0 spiro atoms. The van der Waals surface area contributed by atoms with Gasteiger partial charge >= 0.3 is 0 Å². The molecule has 0 heterocycles. The third-order valence-corrected chi connectivity index (χ3v) is 3.16. The van der Waals surface area contributed by atoms with Crippen molar-refractivity contribution in [1.82, 2.24) is 0 Å². The number of hydrogen-bond donors (Lipinski definition) is 1. The van der Waals surface area contributed by atoms with Gasteiger partial charge in [0.05, 0.1) is 11.3 Å². The molecular weight excluding hydrogens is 232 g/mol. The highest BCUT2D eigenvalue weighted by Gasteiger charge is 2.05. The van der Waals surface area contributed by atoms with E-state index in [1.165, 1.54) is 5.56 Å². The molecule has 2 heteroatoms. The Hall–Kier alpha value is -2.27. The lowest BCUT2D eigenvalue weighted by Crippen LogP contribution is -1.96. The molecule has 0 aromatic heterocycles. The lowest BCUT2D eigenvalue weighted by molar-refractivity contribution is 0.922. The van der Waals surface area contributed by atoms with Crippen LogP contribution in [0.25, 0.3) is 0 Å². The molecule has 0 saturated heterocycles. The van der Waals surface area contributed by atoms with E-state index in [1.54, 1.807) is 0 Å². The summed E-state index contributed by atoms with van der Waals surface area (Å²) in [7, 11) is 0. The van der Waals surface area contributed by atoms with Gasteiger partial charge in [-0.3, -0.25) is 0 Å². The van der Waals surface area contributed by atoms with E-state index in [9.17, 15) is 0 Å². The SMILES string of the molecule is CCCc1ccc(Nc2c(C)cccc2C#N)cc1. The zero-order valence-corrected chi connectivity index (χ0v) is 11.4. The van der Waals surface area contributed by atoms with E-state index in [4.69, 9.17) is 5.26 Å². The summed E-state index contributed by atoms with van der Waals surface area (Å²) in [6.07, 6.45) is 2.26. The summed E-state index contributed by atoms with van der Waals surface area (Å²) in [5.41, 5.74) is 5.02. The summed E-state index contributed by atoms with van der Waals surface area (Å²) >= 11 is 0. The summed E-state index contributed by atoms with van der Waals surface area (Å²) in [6, 6.07) is 16.4. The summed E-state index contributed by atoms with van der Waals surface area (Å²) in [5, 5.41) is 12.5. The van der Waals surface area contributed by atoms with Crippen LogP contribution in [0.3, 0.4) is 0 Å². The highest BCUT2D eigenvalue weighted by Crippen LogP contribution is 2.24. The van der Waals surface area contributed by atoms with Gasteiger partial charge in [0.15, 0.2) is 0 Å². The van der Waals surface area contributed by atoms with Gasteiger partial charge in [0.2, 0.25) is 0 Å². The summed E-state index contributed by atoms with van der Waals surface area (Å²) in [5.74, 6) is 0. The first kappa shape index (κ1) is 13.2. The van der Waals surface area contributed by atoms with E-state index >= 15 is 0 Å². The molecule has 0 aliphatic rings. The fourth-order valence-corrected chi connectivity index (χ4v) is 2.11. The molecule has 0 aliphatic heterocycles. The van der Waals surface area contributed by atoms with Gasteiger partial charge in [-0.05, 0) is 42.7 Å². The Kier molecular flexibility index (Phi) is 4.20. The van der Waals surface area contributed by atoms with E-state index in [0.29, 0.717) is 5.56 Å². The number of anilines is 2. The zero-order valence-electron chi connectivity index (χ0n) is 11.4. The van der Waals surface area contributed by atoms with Gasteiger partial charge in [-0.1, -0.05) is 37.6 Å². The Labute approximate surface area is 114 Å². The number of nitriles is 1. The van der Waals surface area contributed by atoms with E-state index in [-0.39, 0.29) is 0 Å². The van der Waals surface area contributed by atoms with E-state index in [2.05, 4.69) is 42.6 Å². The first-order chi connectivity index (χ1) is 9.24. The third-order valence-electron chi connectivity index (χ3n) is 3.16. The molecule has 0 amide bonds. The van der Waals surface area contributed by atoms with Crippen LogP contribution >= 0.6 is 0 Å². The van der Waals surface area contributed by atoms with Gasteiger partial charge in [0, 0.05) is 5.69 Å². The molecule has 96 valence electrons. The molecular formula is C17H18N2. The van der Waals surface area contributed by atoms with E-state index < -0.39 is 0 Å². The number of rotatable bonds is 4. The Morgan fingerprint density at radius 3 is 2.47 bits per heavy atom. The predicted molar refractivity (Wildman–Crippen MR) is 79.6 cm³/mol. The van der Waals surface area contributed by atoms with Crippen molar-refractivity contribution in [1.29, 1.82) is 5.26 Å². The second-order valence-corrected chi connectivity index (χ2v) is 4.68. The van der Waals surface area contributed by atoms with Crippen molar-refractivity contribution in [2.45, 2.75) is 26.7 Å². The Balaban J connectivity index is 2.24. The zero-order chi connectivity index (χ0) is 13.7. The molecule has 0 saturated carbocycles. The van der Waals surface area contributed by atoms with Crippen LogP contribution in [-0.2, 0) is 6.42 Å². The Morgan fingerprint density at radius 1 is 1.11 bits per heavy atom. The van der Waals surface area contributed by atoms with Crippen molar-refractivity contribution in [3.8, 4) is 6.07 Å². The van der Waals surface area contributed by atoms with Crippen molar-refractivity contribution in [3.63, 3.8) is 0 Å². The topological polar surface area (TPSA) is 35.8 Å². The van der Waals surface area contributed by atoms with Crippen molar-refractivity contribution in [3.05, 3.63) is 59.2 Å². The highest BCUT2D eigenvalue weighted by molar-refractivity contribution is 5.69. The number of aryl methyl sites for hydroxylation is 2. The molecule has 0 radical (unpaired) electrons. The van der Waals surface area contributed by atoms with Crippen LogP contribution in [0, 0.1) is 18.3 Å². The number of hydrogen-bond acceptors (Lipinski definition) is 2. The minimum Gasteiger partial charge on any atom is -0.354 e. The number of para-hydroxylation sites is 1. The van der Waals surface area contributed by atoms with Gasteiger partial charge in [-0.2, -0.15) is 5.26 Å². The molecule has 2 aromatic carbocycles. The highest BCUT2D eigenvalue weighted by atomic mass is 14.9. The molecule has 0 unspecified atom stereocenters. The van der Waals surface area contributed by atoms with Crippen molar-refractivity contribution >= 4 is 11.4 Å². The monoisotopic (exact) mass is 250 g/mol. The Morgan fingerprint density at radius 2 is 1.84 bits per heavy atom. The first-order valence-corrected chi connectivity index (χ1v) is 6.60. The molecule has 2 aromatic rings. The maximum Gasteiger partial charge on any atom is 0.101 e. The maximum absolute atomic E-state index is 9.14. The number of benzene rings is 2. The second kappa shape index (κ2) is 6.06. The van der Waals surface area contributed by atoms with Gasteiger partial charge in [0.1, 0.15) is 6.07 Å². The van der Waals surface area contributed by atoms with Crippen molar-refractivity contribution in [2.75, 3.05) is 5.32 Å². The number of nitrogens with zero attached hydrogens (tertiary/aromatic N) is 1. The third kappa shape index (κ3) is 3.14. The molecule has 2 nitrogen and oxygen atoms in total. The number of nitrogens with one attached hydrogen (secondary N) is 1. The molecule has 0 atom stereocenters. The largest absolute Gasteiger partial charge is 0.354 e. The molecule has 1 N–H and O–H groups in total. The minimum absolute atomic E-state index is 0.678. The predicted octanol–water partition coefficient (Wildman–Crippen LogP) is 4.56. The van der Waals surface area contributed by atoms with Gasteiger partial charge in [-0.25, -0.2) is 0 Å². The average molecular weight is 250 g/mol. The quantitative estimate of drug-likeness (QED) is 0.863. The molecule has 0 bridgehead atoms. The molecule has 0 aliphatic carbocycles. The van der Waals surface area contributed by atoms with Crippen molar-refractivity contribution in [2.24, 2.45) is 0 Å². The first-order valence-electron chi connectivity index (χ1n) is 6.60. The van der Waals surface area contributed by atoms with Crippen LogP contribution < -0.4 is 5.32 Å². The lowest BCUT2D eigenvalue weighted by atomic mass is 10.1.